The van der Waals surface area contributed by atoms with Gasteiger partial charge in [-0.1, -0.05) is 6.07 Å². The summed E-state index contributed by atoms with van der Waals surface area (Å²) in [5.41, 5.74) is 1.28. The number of nitrogens with zero attached hydrogens (tertiary/aromatic N) is 1. The van der Waals surface area contributed by atoms with Crippen LogP contribution in [0, 0.1) is 11.6 Å². The van der Waals surface area contributed by atoms with E-state index in [1.54, 1.807) is 6.20 Å². The maximum absolute atomic E-state index is 13.2. The Morgan fingerprint density at radius 3 is 2.53 bits per heavy atom. The van der Waals surface area contributed by atoms with Crippen LogP contribution >= 0.6 is 0 Å². The molecule has 2 rings (SSSR count). The highest BCUT2D eigenvalue weighted by molar-refractivity contribution is 5.30. The lowest BCUT2D eigenvalue weighted by Crippen LogP contribution is -2.19. The third-order valence-corrected chi connectivity index (χ3v) is 2.82. The smallest absolute Gasteiger partial charge is 0.187 e. The standard InChI is InChI=1S/C14H14F2N2O/c1-9(13-4-2-3-5-17-13)18-8-10-6-11(15)14(19)12(16)7-10/h2-7,9,18-19H,8H2,1H3/t9-/m0/s1. The number of rotatable bonds is 4. The second kappa shape index (κ2) is 5.75. The number of phenolic OH excluding ortho intramolecular Hbond substituents is 1. The van der Waals surface area contributed by atoms with E-state index in [-0.39, 0.29) is 12.6 Å². The van der Waals surface area contributed by atoms with E-state index in [0.717, 1.165) is 17.8 Å². The van der Waals surface area contributed by atoms with Gasteiger partial charge in [0.15, 0.2) is 17.4 Å². The molecule has 5 heteroatoms. The van der Waals surface area contributed by atoms with Gasteiger partial charge in [-0.25, -0.2) is 8.78 Å². The van der Waals surface area contributed by atoms with E-state index < -0.39 is 17.4 Å². The van der Waals surface area contributed by atoms with E-state index in [9.17, 15) is 8.78 Å². The zero-order chi connectivity index (χ0) is 13.8. The molecule has 19 heavy (non-hydrogen) atoms. The van der Waals surface area contributed by atoms with Crippen molar-refractivity contribution in [2.75, 3.05) is 0 Å². The molecule has 1 aromatic heterocycles. The van der Waals surface area contributed by atoms with Crippen LogP contribution in [-0.4, -0.2) is 10.1 Å². The Bertz CT molecular complexity index is 538. The van der Waals surface area contributed by atoms with Crippen molar-refractivity contribution in [2.45, 2.75) is 19.5 Å². The molecule has 0 aliphatic rings. The van der Waals surface area contributed by atoms with E-state index in [1.807, 2.05) is 25.1 Å². The van der Waals surface area contributed by atoms with Gasteiger partial charge in [-0.15, -0.1) is 0 Å². The van der Waals surface area contributed by atoms with Crippen molar-refractivity contribution in [1.29, 1.82) is 0 Å². The summed E-state index contributed by atoms with van der Waals surface area (Å²) < 4.78 is 26.3. The highest BCUT2D eigenvalue weighted by Crippen LogP contribution is 2.21. The normalized spacial score (nSPS) is 12.4. The van der Waals surface area contributed by atoms with Crippen LogP contribution in [0.25, 0.3) is 0 Å². The molecule has 2 aromatic rings. The Morgan fingerprint density at radius 1 is 1.26 bits per heavy atom. The van der Waals surface area contributed by atoms with Gasteiger partial charge in [0.05, 0.1) is 5.69 Å². The molecule has 2 N–H and O–H groups in total. The van der Waals surface area contributed by atoms with E-state index >= 15 is 0 Å². The first-order chi connectivity index (χ1) is 9.08. The Morgan fingerprint density at radius 2 is 1.95 bits per heavy atom. The van der Waals surface area contributed by atoms with Crippen LogP contribution in [0.15, 0.2) is 36.5 Å². The second-order valence-corrected chi connectivity index (χ2v) is 4.27. The monoisotopic (exact) mass is 264 g/mol. The third-order valence-electron chi connectivity index (χ3n) is 2.82. The number of hydrogen-bond donors (Lipinski definition) is 2. The van der Waals surface area contributed by atoms with Gasteiger partial charge in [0.1, 0.15) is 0 Å². The number of benzene rings is 1. The second-order valence-electron chi connectivity index (χ2n) is 4.27. The van der Waals surface area contributed by atoms with Crippen LogP contribution in [0.5, 0.6) is 5.75 Å². The number of phenols is 1. The van der Waals surface area contributed by atoms with Crippen molar-refractivity contribution in [3.63, 3.8) is 0 Å². The Labute approximate surface area is 109 Å². The average Bonchev–Trinajstić information content (AvgIpc) is 2.43. The lowest BCUT2D eigenvalue weighted by Gasteiger charge is -2.13. The van der Waals surface area contributed by atoms with Crippen LogP contribution in [0.3, 0.4) is 0 Å². The van der Waals surface area contributed by atoms with Gasteiger partial charge in [0.25, 0.3) is 0 Å². The zero-order valence-corrected chi connectivity index (χ0v) is 10.4. The van der Waals surface area contributed by atoms with Gasteiger partial charge >= 0.3 is 0 Å². The molecule has 3 nitrogen and oxygen atoms in total. The first-order valence-electron chi connectivity index (χ1n) is 5.89. The molecule has 0 saturated heterocycles. The Kier molecular flexibility index (Phi) is 4.06. The number of aromatic hydroxyl groups is 1. The van der Waals surface area contributed by atoms with E-state index in [2.05, 4.69) is 10.3 Å². The molecular formula is C14H14F2N2O. The lowest BCUT2D eigenvalue weighted by molar-refractivity contribution is 0.394. The van der Waals surface area contributed by atoms with Gasteiger partial charge in [0, 0.05) is 18.8 Å². The molecule has 1 heterocycles. The van der Waals surface area contributed by atoms with E-state index in [0.29, 0.717) is 5.56 Å². The van der Waals surface area contributed by atoms with Crippen molar-refractivity contribution in [1.82, 2.24) is 10.3 Å². The maximum Gasteiger partial charge on any atom is 0.187 e. The molecular weight excluding hydrogens is 250 g/mol. The van der Waals surface area contributed by atoms with Gasteiger partial charge in [-0.3, -0.25) is 4.98 Å². The number of aromatic nitrogens is 1. The van der Waals surface area contributed by atoms with Crippen LogP contribution in [0.2, 0.25) is 0 Å². The minimum Gasteiger partial charge on any atom is -0.503 e. The van der Waals surface area contributed by atoms with Gasteiger partial charge in [-0.05, 0) is 36.8 Å². The fourth-order valence-corrected chi connectivity index (χ4v) is 1.73. The van der Waals surface area contributed by atoms with Crippen molar-refractivity contribution < 1.29 is 13.9 Å². The molecule has 0 amide bonds. The van der Waals surface area contributed by atoms with Crippen LogP contribution in [-0.2, 0) is 6.54 Å². The Hall–Kier alpha value is -2.01. The largest absolute Gasteiger partial charge is 0.503 e. The highest BCUT2D eigenvalue weighted by atomic mass is 19.1. The quantitative estimate of drug-likeness (QED) is 0.892. The molecule has 0 radical (unpaired) electrons. The Balaban J connectivity index is 2.03. The van der Waals surface area contributed by atoms with Crippen LogP contribution in [0.1, 0.15) is 24.2 Å². The molecule has 0 unspecified atom stereocenters. The van der Waals surface area contributed by atoms with Gasteiger partial charge in [-0.2, -0.15) is 0 Å². The molecule has 1 atom stereocenters. The molecule has 0 aliphatic heterocycles. The number of nitrogens with one attached hydrogen (secondary N) is 1. The SMILES string of the molecule is C[C@H](NCc1cc(F)c(O)c(F)c1)c1ccccn1. The van der Waals surface area contributed by atoms with Crippen molar-refractivity contribution >= 4 is 0 Å². The predicted octanol–water partition coefficient (Wildman–Crippen LogP) is 2.92. The fourth-order valence-electron chi connectivity index (χ4n) is 1.73. The molecule has 0 bridgehead atoms. The maximum atomic E-state index is 13.2. The summed E-state index contributed by atoms with van der Waals surface area (Å²) in [7, 11) is 0. The number of halogens is 2. The zero-order valence-electron chi connectivity index (χ0n) is 10.4. The van der Waals surface area contributed by atoms with Crippen molar-refractivity contribution in [3.8, 4) is 5.75 Å². The minimum atomic E-state index is -0.956. The third kappa shape index (κ3) is 3.26. The van der Waals surface area contributed by atoms with Gasteiger partial charge < -0.3 is 10.4 Å². The van der Waals surface area contributed by atoms with E-state index in [1.165, 1.54) is 0 Å². The minimum absolute atomic E-state index is 0.0406. The average molecular weight is 264 g/mol. The molecule has 0 fully saturated rings. The highest BCUT2D eigenvalue weighted by Gasteiger charge is 2.11. The summed E-state index contributed by atoms with van der Waals surface area (Å²) in [6, 6.07) is 7.74. The molecule has 1 aromatic carbocycles. The fraction of sp³-hybridized carbons (Fsp3) is 0.214. The summed E-state index contributed by atoms with van der Waals surface area (Å²) in [5.74, 6) is -2.86. The summed E-state index contributed by atoms with van der Waals surface area (Å²) in [6.45, 7) is 2.20. The van der Waals surface area contributed by atoms with E-state index in [4.69, 9.17) is 5.11 Å². The molecule has 0 saturated carbocycles. The summed E-state index contributed by atoms with van der Waals surface area (Å²) >= 11 is 0. The summed E-state index contributed by atoms with van der Waals surface area (Å²) in [6.07, 6.45) is 1.69. The summed E-state index contributed by atoms with van der Waals surface area (Å²) in [5, 5.41) is 12.1. The van der Waals surface area contributed by atoms with Crippen molar-refractivity contribution in [2.24, 2.45) is 0 Å². The summed E-state index contributed by atoms with van der Waals surface area (Å²) in [4.78, 5) is 4.19. The van der Waals surface area contributed by atoms with Crippen molar-refractivity contribution in [3.05, 3.63) is 59.4 Å². The first-order valence-corrected chi connectivity index (χ1v) is 5.89. The first kappa shape index (κ1) is 13.4. The number of pyridine rings is 1. The molecule has 0 spiro atoms. The topological polar surface area (TPSA) is 45.1 Å². The van der Waals surface area contributed by atoms with Crippen LogP contribution < -0.4 is 5.32 Å². The molecule has 0 aliphatic carbocycles. The van der Waals surface area contributed by atoms with Crippen LogP contribution in [0.4, 0.5) is 8.78 Å². The lowest BCUT2D eigenvalue weighted by atomic mass is 10.1. The predicted molar refractivity (Wildman–Crippen MR) is 67.5 cm³/mol. The molecule has 100 valence electrons. The van der Waals surface area contributed by atoms with Gasteiger partial charge in [0.2, 0.25) is 0 Å². The number of hydrogen-bond acceptors (Lipinski definition) is 3.